The molecule has 0 aliphatic heterocycles. The Bertz CT molecular complexity index is 1170. The Morgan fingerprint density at radius 2 is 1.42 bits per heavy atom. The van der Waals surface area contributed by atoms with Crippen molar-refractivity contribution in [2.75, 3.05) is 0 Å². The van der Waals surface area contributed by atoms with Gasteiger partial charge in [0.05, 0.1) is 0 Å². The van der Waals surface area contributed by atoms with Crippen LogP contribution < -0.4 is 0 Å². The van der Waals surface area contributed by atoms with E-state index in [0.29, 0.717) is 0 Å². The van der Waals surface area contributed by atoms with E-state index in [1.807, 2.05) is 18.2 Å². The molecule has 0 aliphatic carbocycles. The van der Waals surface area contributed by atoms with Crippen molar-refractivity contribution in [3.8, 4) is 5.75 Å². The van der Waals surface area contributed by atoms with E-state index in [-0.39, 0.29) is 5.75 Å². The normalized spacial score (nSPS) is 11.7. The topological polar surface area (TPSA) is 19.9 Å². The quantitative estimate of drug-likeness (QED) is 0.340. The van der Waals surface area contributed by atoms with Crippen LogP contribution in [0.5, 0.6) is 5.75 Å². The monoisotopic (exact) mass is 307 g/mol. The highest BCUT2D eigenvalue weighted by molar-refractivity contribution is 6.24. The molecule has 0 aromatic heterocycles. The third kappa shape index (κ3) is 1.88. The van der Waals surface area contributed by atoms with Crippen LogP contribution in [0.25, 0.3) is 32.3 Å². The van der Waals surface area contributed by atoms with Crippen LogP contribution >= 0.6 is 0 Å². The molecule has 0 amide bonds. The van der Waals surface area contributed by atoms with Gasteiger partial charge in [0.2, 0.25) is 0 Å². The molecule has 0 unspecified atom stereocenters. The van der Waals surface area contributed by atoms with Crippen LogP contribution in [0.15, 0.2) is 78.9 Å². The Morgan fingerprint density at radius 1 is 0.625 bits per heavy atom. The Kier molecular flexibility index (Phi) is 2.77. The lowest BCUT2D eigenvalue weighted by Gasteiger charge is -2.15. The maximum absolute atomic E-state index is 12.3. The lowest BCUT2D eigenvalue weighted by atomic mass is 9.89. The van der Waals surface area contributed by atoms with Crippen LogP contribution in [0.3, 0.4) is 0 Å². The molecule has 0 heterocycles. The SMILES string of the molecule is [O]c1ccc2cc(Cc3ccccc3)c3cccc4ccc1c2c43. The van der Waals surface area contributed by atoms with Crippen molar-refractivity contribution >= 4 is 32.3 Å². The summed E-state index contributed by atoms with van der Waals surface area (Å²) in [4.78, 5) is 0. The molecule has 24 heavy (non-hydrogen) atoms. The molecule has 5 aromatic carbocycles. The lowest BCUT2D eigenvalue weighted by Crippen LogP contribution is -1.93. The molecule has 0 saturated carbocycles. The molecule has 0 atom stereocenters. The molecule has 0 aliphatic rings. The summed E-state index contributed by atoms with van der Waals surface area (Å²) in [6.07, 6.45) is 0.898. The third-order valence-electron chi connectivity index (χ3n) is 4.93. The molecule has 0 saturated heterocycles. The largest absolute Gasteiger partial charge is 0.289 e. The number of rotatable bonds is 2. The zero-order chi connectivity index (χ0) is 16.1. The van der Waals surface area contributed by atoms with Crippen LogP contribution in [0, 0.1) is 0 Å². The Labute approximate surface area is 140 Å². The molecule has 0 spiro atoms. The summed E-state index contributed by atoms with van der Waals surface area (Å²) < 4.78 is 0. The first-order valence-corrected chi connectivity index (χ1v) is 8.21. The van der Waals surface area contributed by atoms with E-state index in [1.54, 1.807) is 6.07 Å². The van der Waals surface area contributed by atoms with Crippen molar-refractivity contribution in [3.63, 3.8) is 0 Å². The van der Waals surface area contributed by atoms with Crippen LogP contribution in [0.4, 0.5) is 0 Å². The predicted molar refractivity (Wildman–Crippen MR) is 99.5 cm³/mol. The van der Waals surface area contributed by atoms with Crippen molar-refractivity contribution in [3.05, 3.63) is 90.0 Å². The second-order valence-corrected chi connectivity index (χ2v) is 6.38. The first kappa shape index (κ1) is 13.4. The van der Waals surface area contributed by atoms with Crippen molar-refractivity contribution in [2.24, 2.45) is 0 Å². The molecule has 5 aromatic rings. The Morgan fingerprint density at radius 3 is 2.29 bits per heavy atom. The molecular weight excluding hydrogens is 292 g/mol. The van der Waals surface area contributed by atoms with Crippen LogP contribution in [-0.4, -0.2) is 0 Å². The highest BCUT2D eigenvalue weighted by Gasteiger charge is 2.14. The summed E-state index contributed by atoms with van der Waals surface area (Å²) in [5.74, 6) is 0.102. The van der Waals surface area contributed by atoms with Crippen molar-refractivity contribution in [2.45, 2.75) is 6.42 Å². The Hall–Kier alpha value is -3.06. The molecule has 0 bridgehead atoms. The maximum atomic E-state index is 12.3. The molecular formula is C23H15O. The van der Waals surface area contributed by atoms with Crippen molar-refractivity contribution < 1.29 is 5.11 Å². The molecule has 0 N–H and O–H groups in total. The summed E-state index contributed by atoms with van der Waals surface area (Å²) in [7, 11) is 0. The Balaban J connectivity index is 1.90. The molecule has 5 rings (SSSR count). The van der Waals surface area contributed by atoms with E-state index in [2.05, 4.69) is 54.6 Å². The maximum Gasteiger partial charge on any atom is 0.186 e. The van der Waals surface area contributed by atoms with Gasteiger partial charge in [0.25, 0.3) is 0 Å². The van der Waals surface area contributed by atoms with Gasteiger partial charge in [-0.3, -0.25) is 5.11 Å². The van der Waals surface area contributed by atoms with Gasteiger partial charge in [-0.25, -0.2) is 0 Å². The van der Waals surface area contributed by atoms with E-state index >= 15 is 0 Å². The minimum Gasteiger partial charge on any atom is -0.289 e. The minimum absolute atomic E-state index is 0.102. The number of hydrogen-bond donors (Lipinski definition) is 0. The molecule has 113 valence electrons. The first-order chi connectivity index (χ1) is 11.8. The molecule has 1 heteroatoms. The second kappa shape index (κ2) is 4.97. The van der Waals surface area contributed by atoms with Crippen LogP contribution in [-0.2, 0) is 11.5 Å². The van der Waals surface area contributed by atoms with Crippen molar-refractivity contribution in [1.29, 1.82) is 0 Å². The zero-order valence-electron chi connectivity index (χ0n) is 13.1. The molecule has 0 fully saturated rings. The van der Waals surface area contributed by atoms with Gasteiger partial charge >= 0.3 is 0 Å². The van der Waals surface area contributed by atoms with Crippen LogP contribution in [0.2, 0.25) is 0 Å². The highest BCUT2D eigenvalue weighted by Crippen LogP contribution is 2.40. The van der Waals surface area contributed by atoms with Gasteiger partial charge in [0.15, 0.2) is 5.75 Å². The lowest BCUT2D eigenvalue weighted by molar-refractivity contribution is 0.360. The van der Waals surface area contributed by atoms with Gasteiger partial charge < -0.3 is 0 Å². The van der Waals surface area contributed by atoms with Crippen molar-refractivity contribution in [1.82, 2.24) is 0 Å². The van der Waals surface area contributed by atoms with Gasteiger partial charge in [-0.05, 0) is 51.2 Å². The van der Waals surface area contributed by atoms with E-state index in [0.717, 1.165) is 22.6 Å². The summed E-state index contributed by atoms with van der Waals surface area (Å²) >= 11 is 0. The summed E-state index contributed by atoms with van der Waals surface area (Å²) in [6, 6.07) is 26.9. The zero-order valence-corrected chi connectivity index (χ0v) is 13.1. The molecule has 1 radical (unpaired) electrons. The number of hydrogen-bond acceptors (Lipinski definition) is 0. The highest BCUT2D eigenvalue weighted by atomic mass is 16.3. The minimum atomic E-state index is 0.102. The smallest absolute Gasteiger partial charge is 0.186 e. The molecule has 1 nitrogen and oxygen atoms in total. The predicted octanol–water partition coefficient (Wildman–Crippen LogP) is 6.32. The number of benzene rings is 5. The summed E-state index contributed by atoms with van der Waals surface area (Å²) in [6.45, 7) is 0. The fraction of sp³-hybridized carbons (Fsp3) is 0.0435. The van der Waals surface area contributed by atoms with E-state index < -0.39 is 0 Å². The van der Waals surface area contributed by atoms with Crippen LogP contribution in [0.1, 0.15) is 11.1 Å². The van der Waals surface area contributed by atoms with E-state index in [9.17, 15) is 5.11 Å². The van der Waals surface area contributed by atoms with Gasteiger partial charge in [-0.2, -0.15) is 0 Å². The standard InChI is InChI=1S/C23H15O/c24-21-12-10-17-14-18(13-15-5-2-1-3-6-15)19-8-4-7-16-9-11-20(21)23(17)22(16)19/h1-12,14H,13H2. The third-order valence-corrected chi connectivity index (χ3v) is 4.93. The van der Waals surface area contributed by atoms with E-state index in [1.165, 1.54) is 27.3 Å². The summed E-state index contributed by atoms with van der Waals surface area (Å²) in [5.41, 5.74) is 2.61. The average Bonchev–Trinajstić information content (AvgIpc) is 2.63. The van der Waals surface area contributed by atoms with Gasteiger partial charge in [0, 0.05) is 10.8 Å². The second-order valence-electron chi connectivity index (χ2n) is 6.38. The summed E-state index contributed by atoms with van der Waals surface area (Å²) in [5, 5.41) is 19.0. The average molecular weight is 307 g/mol. The first-order valence-electron chi connectivity index (χ1n) is 8.21. The van der Waals surface area contributed by atoms with Gasteiger partial charge in [-0.15, -0.1) is 0 Å². The van der Waals surface area contributed by atoms with Gasteiger partial charge in [0.1, 0.15) is 0 Å². The fourth-order valence-corrected chi connectivity index (χ4v) is 3.84. The van der Waals surface area contributed by atoms with E-state index in [4.69, 9.17) is 0 Å². The fourth-order valence-electron chi connectivity index (χ4n) is 3.84. The van der Waals surface area contributed by atoms with Gasteiger partial charge in [-0.1, -0.05) is 66.7 Å².